The predicted octanol–water partition coefficient (Wildman–Crippen LogP) is 4.29. The van der Waals surface area contributed by atoms with Crippen molar-refractivity contribution in [1.29, 1.82) is 0 Å². The molecule has 0 aliphatic rings. The highest BCUT2D eigenvalue weighted by molar-refractivity contribution is 5.57. The van der Waals surface area contributed by atoms with Crippen molar-refractivity contribution in [3.63, 3.8) is 0 Å². The Kier molecular flexibility index (Phi) is 4.28. The van der Waals surface area contributed by atoms with Gasteiger partial charge in [0.15, 0.2) is 0 Å². The van der Waals surface area contributed by atoms with E-state index in [2.05, 4.69) is 0 Å². The van der Waals surface area contributed by atoms with Crippen LogP contribution in [0.3, 0.4) is 0 Å². The van der Waals surface area contributed by atoms with Gasteiger partial charge < -0.3 is 11.5 Å². The molecule has 0 aromatic heterocycles. The van der Waals surface area contributed by atoms with Crippen LogP contribution in [0.5, 0.6) is 0 Å². The number of nitrogens with two attached hydrogens (primary N) is 2. The third kappa shape index (κ3) is 2.73. The average Bonchev–Trinajstić information content (AvgIpc) is 2.46. The van der Waals surface area contributed by atoms with Crippen molar-refractivity contribution in [2.75, 3.05) is 18.1 Å². The molecule has 0 atom stereocenters. The lowest BCUT2D eigenvalue weighted by molar-refractivity contribution is -0.182. The smallest absolute Gasteiger partial charge is 0.399 e. The predicted molar refractivity (Wildman–Crippen MR) is 84.0 cm³/mol. The van der Waals surface area contributed by atoms with E-state index in [-0.39, 0.29) is 22.5 Å². The fourth-order valence-corrected chi connectivity index (χ4v) is 2.54. The quantitative estimate of drug-likeness (QED) is 0.653. The highest BCUT2D eigenvalue weighted by Crippen LogP contribution is 2.48. The number of halogens is 4. The zero-order valence-corrected chi connectivity index (χ0v) is 12.8. The van der Waals surface area contributed by atoms with Crippen molar-refractivity contribution in [2.24, 2.45) is 0 Å². The van der Waals surface area contributed by atoms with E-state index >= 15 is 0 Å². The van der Waals surface area contributed by atoms with E-state index in [1.54, 1.807) is 13.8 Å². The van der Waals surface area contributed by atoms with Gasteiger partial charge in [-0.15, -0.1) is 0 Å². The normalized spacial score (nSPS) is 12.4. The highest BCUT2D eigenvalue weighted by atomic mass is 19.4. The molecule has 2 rings (SSSR count). The Morgan fingerprint density at radius 3 is 1.48 bits per heavy atom. The van der Waals surface area contributed by atoms with Gasteiger partial charge in [-0.25, -0.2) is 4.39 Å². The van der Waals surface area contributed by atoms with Crippen LogP contribution in [0.2, 0.25) is 0 Å². The van der Waals surface area contributed by atoms with E-state index in [1.807, 2.05) is 0 Å². The number of alkyl halides is 4. The first-order chi connectivity index (χ1) is 10.6. The molecule has 0 aliphatic carbocycles. The van der Waals surface area contributed by atoms with Crippen molar-refractivity contribution >= 4 is 11.4 Å². The maximum absolute atomic E-state index is 13.9. The molecular formula is C17H18F4N2. The Labute approximate surface area is 132 Å². The second kappa shape index (κ2) is 5.76. The van der Waals surface area contributed by atoms with Gasteiger partial charge in [0.05, 0.1) is 0 Å². The second-order valence-corrected chi connectivity index (χ2v) is 5.68. The molecule has 0 unspecified atom stereocenters. The van der Waals surface area contributed by atoms with Gasteiger partial charge >= 0.3 is 6.18 Å². The molecule has 0 radical (unpaired) electrons. The monoisotopic (exact) mass is 326 g/mol. The van der Waals surface area contributed by atoms with Crippen molar-refractivity contribution in [1.82, 2.24) is 0 Å². The lowest BCUT2D eigenvalue weighted by Gasteiger charge is -2.35. The van der Waals surface area contributed by atoms with E-state index in [9.17, 15) is 17.6 Å². The summed E-state index contributed by atoms with van der Waals surface area (Å²) >= 11 is 0. The molecule has 0 fully saturated rings. The van der Waals surface area contributed by atoms with Crippen LogP contribution in [0.1, 0.15) is 22.3 Å². The number of hydrogen-bond acceptors (Lipinski definition) is 2. The summed E-state index contributed by atoms with van der Waals surface area (Å²) in [6.45, 7) is 1.71. The van der Waals surface area contributed by atoms with Crippen molar-refractivity contribution < 1.29 is 17.6 Å². The third-order valence-electron chi connectivity index (χ3n) is 4.23. The fourth-order valence-electron chi connectivity index (χ4n) is 2.54. The van der Waals surface area contributed by atoms with E-state index in [1.165, 1.54) is 36.4 Å². The topological polar surface area (TPSA) is 52.0 Å². The third-order valence-corrected chi connectivity index (χ3v) is 4.23. The molecule has 4 N–H and O–H groups in total. The highest BCUT2D eigenvalue weighted by Gasteiger charge is 2.57. The van der Waals surface area contributed by atoms with E-state index in [0.717, 1.165) is 0 Å². The number of nitrogen functional groups attached to an aromatic ring is 2. The number of benzene rings is 2. The Bertz CT molecular complexity index is 672. The summed E-state index contributed by atoms with van der Waals surface area (Å²) in [6, 6.07) is 7.79. The average molecular weight is 326 g/mol. The van der Waals surface area contributed by atoms with Crippen LogP contribution < -0.4 is 11.5 Å². The van der Waals surface area contributed by atoms with Gasteiger partial charge in [-0.1, -0.05) is 24.3 Å². The summed E-state index contributed by atoms with van der Waals surface area (Å²) in [7, 11) is 0. The molecule has 6 heteroatoms. The minimum atomic E-state index is -4.84. The second-order valence-electron chi connectivity index (χ2n) is 5.68. The number of hydrogen-bond donors (Lipinski definition) is 2. The molecule has 0 saturated carbocycles. The number of anilines is 2. The molecule has 23 heavy (non-hydrogen) atoms. The SMILES string of the molecule is Cc1ccc(C(CF)(c2ccc(C)c(N)c2)C(F)(F)F)cc1N. The summed E-state index contributed by atoms with van der Waals surface area (Å²) in [4.78, 5) is 0. The van der Waals surface area contributed by atoms with Crippen LogP contribution in [-0.2, 0) is 5.41 Å². The maximum Gasteiger partial charge on any atom is 0.404 e. The largest absolute Gasteiger partial charge is 0.404 e. The minimum Gasteiger partial charge on any atom is -0.399 e. The molecule has 0 saturated heterocycles. The van der Waals surface area contributed by atoms with Gasteiger partial charge in [0, 0.05) is 11.4 Å². The maximum atomic E-state index is 13.9. The summed E-state index contributed by atoms with van der Waals surface area (Å²) in [5, 5.41) is 0. The molecule has 2 nitrogen and oxygen atoms in total. The van der Waals surface area contributed by atoms with E-state index < -0.39 is 18.3 Å². The van der Waals surface area contributed by atoms with Crippen LogP contribution in [0, 0.1) is 13.8 Å². The molecule has 0 heterocycles. The number of aryl methyl sites for hydroxylation is 2. The Morgan fingerprint density at radius 2 is 1.22 bits per heavy atom. The lowest BCUT2D eigenvalue weighted by Crippen LogP contribution is -2.45. The van der Waals surface area contributed by atoms with Crippen molar-refractivity contribution in [3.05, 3.63) is 58.7 Å². The molecular weight excluding hydrogens is 308 g/mol. The molecule has 124 valence electrons. The first-order valence-electron chi connectivity index (χ1n) is 6.99. The van der Waals surface area contributed by atoms with Gasteiger partial charge in [0.1, 0.15) is 12.1 Å². The van der Waals surface area contributed by atoms with Crippen LogP contribution in [0.4, 0.5) is 28.9 Å². The lowest BCUT2D eigenvalue weighted by atomic mass is 9.74. The van der Waals surface area contributed by atoms with Crippen LogP contribution in [0.25, 0.3) is 0 Å². The molecule has 0 spiro atoms. The molecule has 0 amide bonds. The van der Waals surface area contributed by atoms with E-state index in [0.29, 0.717) is 11.1 Å². The van der Waals surface area contributed by atoms with Crippen LogP contribution in [0.15, 0.2) is 36.4 Å². The molecule has 2 aromatic carbocycles. The van der Waals surface area contributed by atoms with Gasteiger partial charge in [0.2, 0.25) is 0 Å². The van der Waals surface area contributed by atoms with Crippen LogP contribution in [-0.4, -0.2) is 12.9 Å². The van der Waals surface area contributed by atoms with Crippen molar-refractivity contribution in [2.45, 2.75) is 25.4 Å². The first-order valence-corrected chi connectivity index (χ1v) is 6.99. The fraction of sp³-hybridized carbons (Fsp3) is 0.294. The molecule has 0 aliphatic heterocycles. The minimum absolute atomic E-state index is 0.185. The Balaban J connectivity index is 2.79. The standard InChI is InChI=1S/C17H18F4N2/c1-10-3-5-12(7-14(10)22)16(9-18,17(19,20)21)13-6-4-11(2)15(23)8-13/h3-8H,9,22-23H2,1-2H3. The van der Waals surface area contributed by atoms with Gasteiger partial charge in [-0.3, -0.25) is 0 Å². The summed E-state index contributed by atoms with van der Waals surface area (Å²) in [5.41, 5.74) is 9.83. The molecule has 2 aromatic rings. The Morgan fingerprint density at radius 1 is 0.826 bits per heavy atom. The molecule has 0 bridgehead atoms. The summed E-state index contributed by atoms with van der Waals surface area (Å²) < 4.78 is 55.5. The van der Waals surface area contributed by atoms with Gasteiger partial charge in [-0.05, 0) is 48.2 Å². The van der Waals surface area contributed by atoms with Gasteiger partial charge in [-0.2, -0.15) is 13.2 Å². The summed E-state index contributed by atoms with van der Waals surface area (Å²) in [5.74, 6) is 0. The number of rotatable bonds is 3. The Hall–Kier alpha value is -2.24. The first kappa shape index (κ1) is 17.1. The zero-order chi connectivity index (χ0) is 17.4. The van der Waals surface area contributed by atoms with Crippen molar-refractivity contribution in [3.8, 4) is 0 Å². The van der Waals surface area contributed by atoms with E-state index in [4.69, 9.17) is 11.5 Å². The van der Waals surface area contributed by atoms with Crippen LogP contribution >= 0.6 is 0 Å². The summed E-state index contributed by atoms with van der Waals surface area (Å²) in [6.07, 6.45) is -4.84. The van der Waals surface area contributed by atoms with Gasteiger partial charge in [0.25, 0.3) is 0 Å². The zero-order valence-electron chi connectivity index (χ0n) is 12.8.